The third-order valence-electron chi connectivity index (χ3n) is 3.68. The maximum absolute atomic E-state index is 10.5. The summed E-state index contributed by atoms with van der Waals surface area (Å²) in [5, 5.41) is 8.89. The fourth-order valence-electron chi connectivity index (χ4n) is 2.37. The Kier molecular flexibility index (Phi) is 30.5. The standard InChI is InChI=1S/C18H35NO.C2H4O2.Na/c1-2-3-4-5-6-7-8-9-10-11-12-13-14-15-16-17-18(19)20;1-2(3)4;/h9-10H,2-8,11-17H2,1H3,(H2,19,20);1H3,(H,3,4);/q;;+1/p-1/b10-9-;;. The molecule has 0 aromatic carbocycles. The molecule has 4 nitrogen and oxygen atoms in total. The molecule has 142 valence electrons. The largest absolute Gasteiger partial charge is 1.00 e. The van der Waals surface area contributed by atoms with Gasteiger partial charge in [0.2, 0.25) is 5.91 Å². The van der Waals surface area contributed by atoms with Crippen LogP contribution in [-0.2, 0) is 9.59 Å². The number of carbonyl (C=O) groups excluding carboxylic acids is 2. The molecule has 0 saturated carbocycles. The summed E-state index contributed by atoms with van der Waals surface area (Å²) in [4.78, 5) is 19.4. The van der Waals surface area contributed by atoms with E-state index in [0.29, 0.717) is 6.42 Å². The Labute approximate surface area is 177 Å². The van der Waals surface area contributed by atoms with Crippen LogP contribution in [0.15, 0.2) is 12.2 Å². The fourth-order valence-corrected chi connectivity index (χ4v) is 2.37. The van der Waals surface area contributed by atoms with E-state index in [4.69, 9.17) is 15.6 Å². The van der Waals surface area contributed by atoms with E-state index in [1.165, 1.54) is 70.6 Å². The molecule has 0 heterocycles. The molecule has 0 aromatic rings. The summed E-state index contributed by atoms with van der Waals surface area (Å²) in [6.07, 6.45) is 21.9. The number of rotatable bonds is 15. The van der Waals surface area contributed by atoms with Crippen LogP contribution in [0.5, 0.6) is 0 Å². The van der Waals surface area contributed by atoms with Crippen molar-refractivity contribution in [3.63, 3.8) is 0 Å². The maximum atomic E-state index is 10.5. The number of aliphatic carboxylic acids is 1. The van der Waals surface area contributed by atoms with Gasteiger partial charge in [-0.25, -0.2) is 0 Å². The normalized spacial score (nSPS) is 10.0. The number of carboxylic acid groups (broad SMARTS) is 1. The number of carboxylic acids is 1. The minimum Gasteiger partial charge on any atom is -0.550 e. The second-order valence-electron chi connectivity index (χ2n) is 6.29. The van der Waals surface area contributed by atoms with E-state index in [-0.39, 0.29) is 35.5 Å². The third-order valence-corrected chi connectivity index (χ3v) is 3.68. The van der Waals surface area contributed by atoms with Gasteiger partial charge in [-0.3, -0.25) is 4.79 Å². The molecule has 0 aliphatic heterocycles. The van der Waals surface area contributed by atoms with Crippen molar-refractivity contribution in [3.8, 4) is 0 Å². The van der Waals surface area contributed by atoms with Crippen molar-refractivity contribution < 1.29 is 44.3 Å². The van der Waals surface area contributed by atoms with Gasteiger partial charge in [-0.2, -0.15) is 0 Å². The van der Waals surface area contributed by atoms with E-state index in [0.717, 1.165) is 19.8 Å². The van der Waals surface area contributed by atoms with Crippen LogP contribution in [0.25, 0.3) is 0 Å². The van der Waals surface area contributed by atoms with Crippen LogP contribution in [0.1, 0.15) is 104 Å². The van der Waals surface area contributed by atoms with Gasteiger partial charge < -0.3 is 15.6 Å². The monoisotopic (exact) mass is 363 g/mol. The molecule has 0 aliphatic rings. The summed E-state index contributed by atoms with van der Waals surface area (Å²) in [6, 6.07) is 0. The van der Waals surface area contributed by atoms with E-state index in [9.17, 15) is 4.79 Å². The smallest absolute Gasteiger partial charge is 0.550 e. The Morgan fingerprint density at radius 1 is 0.800 bits per heavy atom. The Morgan fingerprint density at radius 3 is 1.56 bits per heavy atom. The summed E-state index contributed by atoms with van der Waals surface area (Å²) >= 11 is 0. The summed E-state index contributed by atoms with van der Waals surface area (Å²) in [5.41, 5.74) is 5.10. The van der Waals surface area contributed by atoms with Gasteiger partial charge in [0, 0.05) is 12.4 Å². The van der Waals surface area contributed by atoms with Crippen LogP contribution in [0, 0.1) is 0 Å². The number of hydrogen-bond donors (Lipinski definition) is 1. The first-order valence-electron chi connectivity index (χ1n) is 9.61. The molecule has 0 aromatic heterocycles. The SMILES string of the molecule is CC(=O)[O-].CCCCCCCC/C=C\CCCCCCCC(N)=O.[Na+]. The molecule has 2 N–H and O–H groups in total. The number of allylic oxidation sites excluding steroid dienone is 2. The summed E-state index contributed by atoms with van der Waals surface area (Å²) in [5.74, 6) is -1.25. The molecule has 25 heavy (non-hydrogen) atoms. The minimum absolute atomic E-state index is 0. The van der Waals surface area contributed by atoms with Gasteiger partial charge in [0.25, 0.3) is 0 Å². The number of unbranched alkanes of at least 4 members (excludes halogenated alkanes) is 11. The van der Waals surface area contributed by atoms with Crippen LogP contribution in [0.3, 0.4) is 0 Å². The van der Waals surface area contributed by atoms with Crippen molar-refractivity contribution in [1.29, 1.82) is 0 Å². The summed E-state index contributed by atoms with van der Waals surface area (Å²) < 4.78 is 0. The molecule has 0 spiro atoms. The van der Waals surface area contributed by atoms with Crippen molar-refractivity contribution in [2.45, 2.75) is 104 Å². The zero-order valence-corrected chi connectivity index (χ0v) is 18.9. The van der Waals surface area contributed by atoms with Gasteiger partial charge in [0.05, 0.1) is 0 Å². The molecule has 0 saturated heterocycles. The molecule has 0 unspecified atom stereocenters. The number of carbonyl (C=O) groups is 2. The van der Waals surface area contributed by atoms with Gasteiger partial charge in [0.1, 0.15) is 0 Å². The van der Waals surface area contributed by atoms with Gasteiger partial charge in [-0.15, -0.1) is 0 Å². The average Bonchev–Trinajstić information content (AvgIpc) is 2.50. The third kappa shape index (κ3) is 40.0. The Bertz CT molecular complexity index is 316. The van der Waals surface area contributed by atoms with Gasteiger partial charge >= 0.3 is 29.6 Å². The quantitative estimate of drug-likeness (QED) is 0.270. The molecule has 5 heteroatoms. The van der Waals surface area contributed by atoms with Crippen LogP contribution in [-0.4, -0.2) is 11.9 Å². The second-order valence-corrected chi connectivity index (χ2v) is 6.29. The van der Waals surface area contributed by atoms with Crippen molar-refractivity contribution in [2.24, 2.45) is 5.73 Å². The minimum atomic E-state index is -1.08. The van der Waals surface area contributed by atoms with Crippen molar-refractivity contribution >= 4 is 11.9 Å². The van der Waals surface area contributed by atoms with Gasteiger partial charge in [0.15, 0.2) is 0 Å². The van der Waals surface area contributed by atoms with E-state index in [1.54, 1.807) is 0 Å². The van der Waals surface area contributed by atoms with Crippen molar-refractivity contribution in [3.05, 3.63) is 12.2 Å². The zero-order valence-electron chi connectivity index (χ0n) is 16.9. The van der Waals surface area contributed by atoms with E-state index < -0.39 is 5.97 Å². The zero-order chi connectivity index (χ0) is 18.5. The van der Waals surface area contributed by atoms with Crippen LogP contribution in [0.2, 0.25) is 0 Å². The maximum Gasteiger partial charge on any atom is 1.00 e. The fraction of sp³-hybridized carbons (Fsp3) is 0.800. The van der Waals surface area contributed by atoms with Crippen LogP contribution >= 0.6 is 0 Å². The first-order chi connectivity index (χ1) is 11.5. The molecule has 0 bridgehead atoms. The Hall–Kier alpha value is -0.320. The predicted octanol–water partition coefficient (Wildman–Crippen LogP) is 1.27. The summed E-state index contributed by atoms with van der Waals surface area (Å²) in [7, 11) is 0. The number of amides is 1. The van der Waals surface area contributed by atoms with Gasteiger partial charge in [-0.05, 0) is 39.0 Å². The van der Waals surface area contributed by atoms with Crippen molar-refractivity contribution in [2.75, 3.05) is 0 Å². The topological polar surface area (TPSA) is 83.2 Å². The molecule has 1 amide bonds. The molecule has 0 radical (unpaired) electrons. The van der Waals surface area contributed by atoms with E-state index >= 15 is 0 Å². The Balaban J connectivity index is -0.000000867. The van der Waals surface area contributed by atoms with E-state index in [1.807, 2.05) is 0 Å². The molecule has 0 rings (SSSR count). The number of primary amides is 1. The van der Waals surface area contributed by atoms with Gasteiger partial charge in [-0.1, -0.05) is 70.4 Å². The van der Waals surface area contributed by atoms with Crippen LogP contribution in [0.4, 0.5) is 0 Å². The van der Waals surface area contributed by atoms with Crippen molar-refractivity contribution in [1.82, 2.24) is 0 Å². The molecule has 0 fully saturated rings. The average molecular weight is 364 g/mol. The first-order valence-corrected chi connectivity index (χ1v) is 9.61. The summed E-state index contributed by atoms with van der Waals surface area (Å²) in [6.45, 7) is 3.24. The predicted molar refractivity (Wildman–Crippen MR) is 99.3 cm³/mol. The molecular weight excluding hydrogens is 325 g/mol. The molecule has 0 aliphatic carbocycles. The molecule has 0 atom stereocenters. The van der Waals surface area contributed by atoms with Crippen LogP contribution < -0.4 is 40.4 Å². The van der Waals surface area contributed by atoms with E-state index in [2.05, 4.69) is 19.1 Å². The first kappa shape index (κ1) is 29.4. The Morgan fingerprint density at radius 2 is 1.16 bits per heavy atom. The molecular formula is C20H38NNaO3. The second kappa shape index (κ2) is 25.9. The number of nitrogens with two attached hydrogens (primary N) is 1. The number of hydrogen-bond acceptors (Lipinski definition) is 3.